The lowest BCUT2D eigenvalue weighted by Gasteiger charge is -2.37. The number of hydrogen-bond donors (Lipinski definition) is 4. The SMILES string of the molecule is C/C=C/c1cc(Nc2cc(N3C[C@@H](C)N[C@@H](C)C3)nc(Oc3ccc4[nH]c(C)cc4c3F)n2)n[nH]1. The van der Waals surface area contributed by atoms with E-state index < -0.39 is 5.82 Å². The first-order valence-corrected chi connectivity index (χ1v) is 11.7. The first kappa shape index (κ1) is 22.9. The molecule has 0 aliphatic carbocycles. The Morgan fingerprint density at radius 3 is 2.69 bits per heavy atom. The fraction of sp³-hybridized carbons (Fsp3) is 0.320. The number of piperazine rings is 1. The van der Waals surface area contributed by atoms with Crippen molar-refractivity contribution in [3.63, 3.8) is 0 Å². The lowest BCUT2D eigenvalue weighted by atomic mass is 10.1. The van der Waals surface area contributed by atoms with Crippen LogP contribution in [-0.4, -0.2) is 50.3 Å². The average molecular weight is 477 g/mol. The highest BCUT2D eigenvalue weighted by Gasteiger charge is 2.24. The van der Waals surface area contributed by atoms with Gasteiger partial charge in [-0.1, -0.05) is 6.08 Å². The van der Waals surface area contributed by atoms with Crippen molar-refractivity contribution in [3.05, 3.63) is 53.6 Å². The van der Waals surface area contributed by atoms with Crippen molar-refractivity contribution in [2.45, 2.75) is 39.8 Å². The minimum absolute atomic E-state index is 0.0542. The van der Waals surface area contributed by atoms with Gasteiger partial charge in [-0.05, 0) is 52.0 Å². The smallest absolute Gasteiger partial charge is 0.326 e. The van der Waals surface area contributed by atoms with Gasteiger partial charge in [0.15, 0.2) is 17.4 Å². The van der Waals surface area contributed by atoms with Gasteiger partial charge < -0.3 is 25.3 Å². The number of aromatic amines is 2. The summed E-state index contributed by atoms with van der Waals surface area (Å²) in [6.45, 7) is 9.65. The maximum atomic E-state index is 15.2. The second-order valence-corrected chi connectivity index (χ2v) is 8.99. The fourth-order valence-corrected chi connectivity index (χ4v) is 4.46. The minimum atomic E-state index is -0.455. The number of hydrogen-bond acceptors (Lipinski definition) is 7. The maximum Gasteiger partial charge on any atom is 0.326 e. The van der Waals surface area contributed by atoms with Crippen LogP contribution in [0.5, 0.6) is 11.8 Å². The van der Waals surface area contributed by atoms with Gasteiger partial charge in [0, 0.05) is 53.9 Å². The second-order valence-electron chi connectivity index (χ2n) is 8.99. The Kier molecular flexibility index (Phi) is 6.12. The highest BCUT2D eigenvalue weighted by molar-refractivity contribution is 5.82. The molecule has 4 heterocycles. The van der Waals surface area contributed by atoms with Crippen molar-refractivity contribution in [2.24, 2.45) is 0 Å². The quantitative estimate of drug-likeness (QED) is 0.314. The lowest BCUT2D eigenvalue weighted by molar-refractivity contribution is 0.397. The van der Waals surface area contributed by atoms with Crippen molar-refractivity contribution in [2.75, 3.05) is 23.3 Å². The number of halogens is 1. The summed E-state index contributed by atoms with van der Waals surface area (Å²) in [4.78, 5) is 14.5. The normalized spacial score (nSPS) is 18.5. The van der Waals surface area contributed by atoms with Crippen LogP contribution >= 0.6 is 0 Å². The number of aromatic nitrogens is 5. The molecule has 1 saturated heterocycles. The first-order valence-electron chi connectivity index (χ1n) is 11.7. The Morgan fingerprint density at radius 1 is 1.11 bits per heavy atom. The van der Waals surface area contributed by atoms with Crippen LogP contribution in [0.2, 0.25) is 0 Å². The second kappa shape index (κ2) is 9.38. The van der Waals surface area contributed by atoms with E-state index in [2.05, 4.69) is 54.5 Å². The van der Waals surface area contributed by atoms with E-state index in [4.69, 9.17) is 4.74 Å². The molecule has 0 saturated carbocycles. The summed E-state index contributed by atoms with van der Waals surface area (Å²) >= 11 is 0. The van der Waals surface area contributed by atoms with Crippen LogP contribution in [0.1, 0.15) is 32.2 Å². The van der Waals surface area contributed by atoms with Gasteiger partial charge in [-0.15, -0.1) is 0 Å². The number of H-pyrrole nitrogens is 2. The molecule has 4 N–H and O–H groups in total. The van der Waals surface area contributed by atoms with Crippen LogP contribution in [0.3, 0.4) is 0 Å². The van der Waals surface area contributed by atoms with Crippen LogP contribution in [0.25, 0.3) is 17.0 Å². The van der Waals surface area contributed by atoms with Crippen molar-refractivity contribution in [3.8, 4) is 11.8 Å². The number of benzene rings is 1. The van der Waals surface area contributed by atoms with Crippen LogP contribution in [0.4, 0.5) is 21.8 Å². The molecule has 3 aromatic heterocycles. The van der Waals surface area contributed by atoms with Gasteiger partial charge in [-0.3, -0.25) is 5.10 Å². The summed E-state index contributed by atoms with van der Waals surface area (Å²) in [5.74, 6) is 1.41. The van der Waals surface area contributed by atoms with E-state index in [0.717, 1.165) is 24.5 Å². The van der Waals surface area contributed by atoms with Crippen LogP contribution in [-0.2, 0) is 0 Å². The number of ether oxygens (including phenoxy) is 1. The van der Waals surface area contributed by atoms with Crippen LogP contribution in [0, 0.1) is 12.7 Å². The number of allylic oxidation sites excluding steroid dienone is 1. The third kappa shape index (κ3) is 4.97. The molecule has 0 unspecified atom stereocenters. The summed E-state index contributed by atoms with van der Waals surface area (Å²) < 4.78 is 21.1. The highest BCUT2D eigenvalue weighted by Crippen LogP contribution is 2.31. The molecule has 1 aliphatic rings. The summed E-state index contributed by atoms with van der Waals surface area (Å²) in [6, 6.07) is 9.50. The van der Waals surface area contributed by atoms with Gasteiger partial charge in [0.05, 0.1) is 5.69 Å². The average Bonchev–Trinajstić information content (AvgIpc) is 3.41. The van der Waals surface area contributed by atoms with Crippen molar-refractivity contribution >= 4 is 34.4 Å². The molecule has 0 spiro atoms. The Hall–Kier alpha value is -3.92. The van der Waals surface area contributed by atoms with Gasteiger partial charge >= 0.3 is 6.01 Å². The first-order chi connectivity index (χ1) is 16.9. The number of rotatable bonds is 6. The van der Waals surface area contributed by atoms with E-state index in [0.29, 0.717) is 40.4 Å². The molecular formula is C25H29FN8O. The minimum Gasteiger partial charge on any atom is -0.421 e. The van der Waals surface area contributed by atoms with Crippen molar-refractivity contribution in [1.29, 1.82) is 0 Å². The molecule has 182 valence electrons. The number of anilines is 3. The summed E-state index contributed by atoms with van der Waals surface area (Å²) in [7, 11) is 0. The summed E-state index contributed by atoms with van der Waals surface area (Å²) in [5.41, 5.74) is 2.45. The van der Waals surface area contributed by atoms with Gasteiger partial charge in [-0.2, -0.15) is 15.1 Å². The Labute approximate surface area is 202 Å². The highest BCUT2D eigenvalue weighted by atomic mass is 19.1. The van der Waals surface area contributed by atoms with E-state index in [1.807, 2.05) is 38.1 Å². The van der Waals surface area contributed by atoms with E-state index in [1.165, 1.54) is 0 Å². The standard InChI is InChI=1S/C25H29FN8O/c1-5-6-17-10-22(33-32-17)29-21-11-23(34-12-15(3)27-16(4)13-34)31-25(30-21)35-20-8-7-19-18(24(20)26)9-14(2)28-19/h5-11,15-16,27-28H,12-13H2,1-4H3,(H2,29,30,31,32,33)/b6-5+/t15-,16+. The molecule has 0 amide bonds. The Morgan fingerprint density at radius 2 is 1.91 bits per heavy atom. The lowest BCUT2D eigenvalue weighted by Crippen LogP contribution is -2.54. The predicted molar refractivity (Wildman–Crippen MR) is 136 cm³/mol. The van der Waals surface area contributed by atoms with E-state index in [9.17, 15) is 0 Å². The molecule has 9 nitrogen and oxygen atoms in total. The molecule has 10 heteroatoms. The van der Waals surface area contributed by atoms with Crippen molar-refractivity contribution in [1.82, 2.24) is 30.5 Å². The molecule has 4 aromatic rings. The van der Waals surface area contributed by atoms with E-state index in [-0.39, 0.29) is 11.8 Å². The molecule has 1 fully saturated rings. The molecular weight excluding hydrogens is 447 g/mol. The molecule has 1 aromatic carbocycles. The molecule has 0 bridgehead atoms. The van der Waals surface area contributed by atoms with E-state index >= 15 is 4.39 Å². The van der Waals surface area contributed by atoms with Gasteiger partial charge in [0.2, 0.25) is 0 Å². The van der Waals surface area contributed by atoms with E-state index in [1.54, 1.807) is 18.2 Å². The molecule has 35 heavy (non-hydrogen) atoms. The molecule has 2 atom stereocenters. The third-order valence-electron chi connectivity index (χ3n) is 5.81. The van der Waals surface area contributed by atoms with Crippen LogP contribution in [0.15, 0.2) is 36.4 Å². The van der Waals surface area contributed by atoms with Gasteiger partial charge in [0.1, 0.15) is 11.6 Å². The Balaban J connectivity index is 1.50. The number of nitrogens with one attached hydrogen (secondary N) is 4. The monoisotopic (exact) mass is 476 g/mol. The summed E-state index contributed by atoms with van der Waals surface area (Å²) in [5, 5.41) is 14.4. The van der Waals surface area contributed by atoms with Gasteiger partial charge in [0.25, 0.3) is 0 Å². The number of aryl methyl sites for hydroxylation is 1. The summed E-state index contributed by atoms with van der Waals surface area (Å²) in [6.07, 6.45) is 3.85. The molecule has 1 aliphatic heterocycles. The third-order valence-corrected chi connectivity index (χ3v) is 5.81. The van der Waals surface area contributed by atoms with Crippen molar-refractivity contribution < 1.29 is 9.13 Å². The maximum absolute atomic E-state index is 15.2. The number of nitrogens with zero attached hydrogens (tertiary/aromatic N) is 4. The van der Waals surface area contributed by atoms with Crippen LogP contribution < -0.4 is 20.3 Å². The van der Waals surface area contributed by atoms with Gasteiger partial charge in [-0.25, -0.2) is 4.39 Å². The zero-order chi connectivity index (χ0) is 24.5. The Bertz CT molecular complexity index is 1370. The predicted octanol–water partition coefficient (Wildman–Crippen LogP) is 4.88. The number of fused-ring (bicyclic) bond motifs is 1. The fourth-order valence-electron chi connectivity index (χ4n) is 4.46. The topological polar surface area (TPSA) is 107 Å². The molecule has 0 radical (unpaired) electrons. The molecule has 5 rings (SSSR count). The zero-order valence-corrected chi connectivity index (χ0v) is 20.2. The zero-order valence-electron chi connectivity index (χ0n) is 20.2. The largest absolute Gasteiger partial charge is 0.421 e.